The van der Waals surface area contributed by atoms with Gasteiger partial charge in [0.1, 0.15) is 0 Å². The van der Waals surface area contributed by atoms with Gasteiger partial charge in [-0.25, -0.2) is 4.79 Å². The van der Waals surface area contributed by atoms with Crippen molar-refractivity contribution < 1.29 is 0 Å². The number of imidazole rings is 1. The SMILES string of the molecule is CCn1c(=O)n(CCC#N)c2ccccc21. The minimum Gasteiger partial charge on any atom is -0.292 e. The highest BCUT2D eigenvalue weighted by Gasteiger charge is 2.10. The maximum atomic E-state index is 12.0. The number of para-hydroxylation sites is 2. The van der Waals surface area contributed by atoms with Crippen LogP contribution in [0.3, 0.4) is 0 Å². The van der Waals surface area contributed by atoms with E-state index in [2.05, 4.69) is 6.07 Å². The number of hydrogen-bond donors (Lipinski definition) is 0. The molecule has 4 heteroatoms. The van der Waals surface area contributed by atoms with E-state index in [1.54, 1.807) is 9.13 Å². The van der Waals surface area contributed by atoms with E-state index in [1.807, 2.05) is 31.2 Å². The Morgan fingerprint density at radius 1 is 1.25 bits per heavy atom. The summed E-state index contributed by atoms with van der Waals surface area (Å²) in [4.78, 5) is 12.0. The average Bonchev–Trinajstić information content (AvgIpc) is 2.58. The quantitative estimate of drug-likeness (QED) is 0.783. The first kappa shape index (κ1) is 10.5. The van der Waals surface area contributed by atoms with Crippen molar-refractivity contribution in [3.8, 4) is 6.07 Å². The summed E-state index contributed by atoms with van der Waals surface area (Å²) in [6.07, 6.45) is 0.359. The van der Waals surface area contributed by atoms with Crippen LogP contribution in [0.25, 0.3) is 11.0 Å². The fourth-order valence-electron chi connectivity index (χ4n) is 1.96. The molecule has 1 aromatic heterocycles. The predicted molar refractivity (Wildman–Crippen MR) is 62.1 cm³/mol. The van der Waals surface area contributed by atoms with Gasteiger partial charge in [-0.3, -0.25) is 9.13 Å². The van der Waals surface area contributed by atoms with E-state index in [0.29, 0.717) is 19.5 Å². The van der Waals surface area contributed by atoms with E-state index in [0.717, 1.165) is 11.0 Å². The van der Waals surface area contributed by atoms with Crippen molar-refractivity contribution in [1.29, 1.82) is 5.26 Å². The standard InChI is InChI=1S/C12H13N3O/c1-2-14-10-6-3-4-7-11(10)15(12(14)16)9-5-8-13/h3-4,6-7H,2,5,9H2,1H3. The number of benzene rings is 1. The first-order chi connectivity index (χ1) is 7.79. The third kappa shape index (κ3) is 1.50. The fourth-order valence-corrected chi connectivity index (χ4v) is 1.96. The lowest BCUT2D eigenvalue weighted by Gasteiger charge is -1.97. The minimum absolute atomic E-state index is 0.0287. The molecule has 16 heavy (non-hydrogen) atoms. The van der Waals surface area contributed by atoms with Crippen molar-refractivity contribution in [1.82, 2.24) is 9.13 Å². The molecule has 0 aliphatic heterocycles. The van der Waals surface area contributed by atoms with Gasteiger partial charge >= 0.3 is 5.69 Å². The first-order valence-electron chi connectivity index (χ1n) is 5.34. The minimum atomic E-state index is -0.0287. The van der Waals surface area contributed by atoms with Crippen LogP contribution in [0.2, 0.25) is 0 Å². The second-order valence-corrected chi connectivity index (χ2v) is 3.58. The van der Waals surface area contributed by atoms with Gasteiger partial charge in [0.15, 0.2) is 0 Å². The van der Waals surface area contributed by atoms with Gasteiger partial charge in [-0.1, -0.05) is 12.1 Å². The van der Waals surface area contributed by atoms with E-state index in [4.69, 9.17) is 5.26 Å². The number of fused-ring (bicyclic) bond motifs is 1. The zero-order valence-electron chi connectivity index (χ0n) is 9.18. The van der Waals surface area contributed by atoms with Crippen LogP contribution < -0.4 is 5.69 Å². The molecule has 0 bridgehead atoms. The lowest BCUT2D eigenvalue weighted by molar-refractivity contribution is 0.650. The average molecular weight is 215 g/mol. The summed E-state index contributed by atoms with van der Waals surface area (Å²) in [5.74, 6) is 0. The molecule has 2 aromatic rings. The van der Waals surface area contributed by atoms with E-state index >= 15 is 0 Å². The van der Waals surface area contributed by atoms with Gasteiger partial charge in [0, 0.05) is 13.1 Å². The summed E-state index contributed by atoms with van der Waals surface area (Å²) in [5.41, 5.74) is 1.82. The molecular formula is C12H13N3O. The molecule has 0 saturated heterocycles. The summed E-state index contributed by atoms with van der Waals surface area (Å²) in [7, 11) is 0. The number of aryl methyl sites for hydroxylation is 2. The molecule has 0 N–H and O–H groups in total. The molecule has 0 fully saturated rings. The van der Waals surface area contributed by atoms with Gasteiger partial charge in [0.05, 0.1) is 23.5 Å². The van der Waals surface area contributed by atoms with Gasteiger partial charge in [0.25, 0.3) is 0 Å². The highest BCUT2D eigenvalue weighted by molar-refractivity contribution is 5.75. The second-order valence-electron chi connectivity index (χ2n) is 3.58. The molecule has 0 spiro atoms. The van der Waals surface area contributed by atoms with Crippen molar-refractivity contribution in [3.63, 3.8) is 0 Å². The lowest BCUT2D eigenvalue weighted by atomic mass is 10.3. The van der Waals surface area contributed by atoms with Crippen LogP contribution in [-0.2, 0) is 13.1 Å². The summed E-state index contributed by atoms with van der Waals surface area (Å²) in [6, 6.07) is 9.74. The number of aromatic nitrogens is 2. The Hall–Kier alpha value is -2.02. The molecule has 0 aliphatic carbocycles. The van der Waals surface area contributed by atoms with Crippen molar-refractivity contribution in [2.75, 3.05) is 0 Å². The third-order valence-electron chi connectivity index (χ3n) is 2.69. The topological polar surface area (TPSA) is 50.7 Å². The summed E-state index contributed by atoms with van der Waals surface area (Å²) < 4.78 is 3.40. The maximum Gasteiger partial charge on any atom is 0.329 e. The molecule has 1 heterocycles. The van der Waals surface area contributed by atoms with E-state index in [9.17, 15) is 4.79 Å². The van der Waals surface area contributed by atoms with Crippen molar-refractivity contribution >= 4 is 11.0 Å². The monoisotopic (exact) mass is 215 g/mol. The summed E-state index contributed by atoms with van der Waals surface area (Å²) >= 11 is 0. The van der Waals surface area contributed by atoms with Crippen molar-refractivity contribution in [2.45, 2.75) is 26.4 Å². The molecule has 4 nitrogen and oxygen atoms in total. The molecule has 0 saturated carbocycles. The number of rotatable bonds is 3. The number of hydrogen-bond acceptors (Lipinski definition) is 2. The fraction of sp³-hybridized carbons (Fsp3) is 0.333. The zero-order valence-corrected chi connectivity index (χ0v) is 9.18. The van der Waals surface area contributed by atoms with Gasteiger partial charge < -0.3 is 0 Å². The highest BCUT2D eigenvalue weighted by atomic mass is 16.1. The molecule has 0 radical (unpaired) electrons. The Balaban J connectivity index is 2.68. The molecule has 0 atom stereocenters. The Morgan fingerprint density at radius 2 is 1.88 bits per heavy atom. The van der Waals surface area contributed by atoms with Crippen LogP contribution in [0.15, 0.2) is 29.1 Å². The van der Waals surface area contributed by atoms with Crippen LogP contribution in [0.1, 0.15) is 13.3 Å². The smallest absolute Gasteiger partial charge is 0.292 e. The zero-order chi connectivity index (χ0) is 11.5. The number of nitriles is 1. The van der Waals surface area contributed by atoms with Crippen LogP contribution >= 0.6 is 0 Å². The van der Waals surface area contributed by atoms with Crippen LogP contribution in [0, 0.1) is 11.3 Å². The summed E-state index contributed by atoms with van der Waals surface area (Å²) in [6.45, 7) is 3.06. The molecule has 0 unspecified atom stereocenters. The Bertz CT molecular complexity index is 601. The van der Waals surface area contributed by atoms with Gasteiger partial charge in [0.2, 0.25) is 0 Å². The largest absolute Gasteiger partial charge is 0.329 e. The van der Waals surface area contributed by atoms with Gasteiger partial charge in [-0.2, -0.15) is 5.26 Å². The third-order valence-corrected chi connectivity index (χ3v) is 2.69. The second kappa shape index (κ2) is 4.23. The van der Waals surface area contributed by atoms with E-state index < -0.39 is 0 Å². The normalized spacial score (nSPS) is 10.5. The number of nitrogens with zero attached hydrogens (tertiary/aromatic N) is 3. The van der Waals surface area contributed by atoms with Crippen LogP contribution in [0.4, 0.5) is 0 Å². The molecule has 2 rings (SSSR count). The Labute approximate surface area is 93.3 Å². The van der Waals surface area contributed by atoms with Gasteiger partial charge in [-0.15, -0.1) is 0 Å². The molecular weight excluding hydrogens is 202 g/mol. The molecule has 82 valence electrons. The van der Waals surface area contributed by atoms with E-state index in [-0.39, 0.29) is 5.69 Å². The highest BCUT2D eigenvalue weighted by Crippen LogP contribution is 2.12. The van der Waals surface area contributed by atoms with Crippen LogP contribution in [-0.4, -0.2) is 9.13 Å². The molecule has 0 amide bonds. The van der Waals surface area contributed by atoms with E-state index in [1.165, 1.54) is 0 Å². The van der Waals surface area contributed by atoms with Crippen molar-refractivity contribution in [2.24, 2.45) is 0 Å². The maximum absolute atomic E-state index is 12.0. The predicted octanol–water partition coefficient (Wildman–Crippen LogP) is 1.74. The summed E-state index contributed by atoms with van der Waals surface area (Å²) in [5, 5.41) is 8.58. The van der Waals surface area contributed by atoms with Crippen LogP contribution in [0.5, 0.6) is 0 Å². The van der Waals surface area contributed by atoms with Crippen molar-refractivity contribution in [3.05, 3.63) is 34.7 Å². The molecule has 0 aliphatic rings. The Morgan fingerprint density at radius 3 is 2.44 bits per heavy atom. The van der Waals surface area contributed by atoms with Gasteiger partial charge in [-0.05, 0) is 19.1 Å². The lowest BCUT2D eigenvalue weighted by Crippen LogP contribution is -2.23. The Kier molecular flexibility index (Phi) is 2.78. The molecule has 1 aromatic carbocycles. The first-order valence-corrected chi connectivity index (χ1v) is 5.34.